The van der Waals surface area contributed by atoms with Crippen molar-refractivity contribution >= 4 is 0 Å². The van der Waals surface area contributed by atoms with Gasteiger partial charge in [0.2, 0.25) is 5.88 Å². The Morgan fingerprint density at radius 1 is 1.38 bits per heavy atom. The average Bonchev–Trinajstić information content (AvgIpc) is 2.45. The van der Waals surface area contributed by atoms with Gasteiger partial charge < -0.3 is 15.0 Å². The maximum atomic E-state index is 6.11. The second-order valence-electron chi connectivity index (χ2n) is 6.09. The molecule has 1 saturated heterocycles. The Balaban J connectivity index is 2.06. The molecule has 0 amide bonds. The van der Waals surface area contributed by atoms with Crippen LogP contribution < -0.4 is 10.1 Å². The standard InChI is InChI=1S/C17H29N3O/c1-5-18-11-16-13(2)10-14(3)19-17(16)21-12-15-8-6-7-9-20(15)4/h10,15,18H,5-9,11-12H2,1-4H3. The Morgan fingerprint density at radius 2 is 2.19 bits per heavy atom. The van der Waals surface area contributed by atoms with Gasteiger partial charge in [-0.1, -0.05) is 13.3 Å². The Bertz CT molecular complexity index is 462. The van der Waals surface area contributed by atoms with E-state index >= 15 is 0 Å². The number of pyridine rings is 1. The summed E-state index contributed by atoms with van der Waals surface area (Å²) < 4.78 is 6.11. The minimum atomic E-state index is 0.522. The van der Waals surface area contributed by atoms with Gasteiger partial charge in [0, 0.05) is 23.8 Å². The molecule has 118 valence electrons. The van der Waals surface area contributed by atoms with Gasteiger partial charge in [-0.25, -0.2) is 4.98 Å². The van der Waals surface area contributed by atoms with Crippen LogP contribution in [0.1, 0.15) is 43.0 Å². The third-order valence-electron chi connectivity index (χ3n) is 4.32. The van der Waals surface area contributed by atoms with Crippen LogP contribution in [0.4, 0.5) is 0 Å². The van der Waals surface area contributed by atoms with Crippen molar-refractivity contribution in [1.82, 2.24) is 15.2 Å². The van der Waals surface area contributed by atoms with Crippen molar-refractivity contribution in [3.8, 4) is 5.88 Å². The SMILES string of the molecule is CCNCc1c(C)cc(C)nc1OCC1CCCCN1C. The Morgan fingerprint density at radius 3 is 2.90 bits per heavy atom. The number of likely N-dealkylation sites (N-methyl/N-ethyl adjacent to an activating group) is 1. The summed E-state index contributed by atoms with van der Waals surface area (Å²) in [6, 6.07) is 2.65. The summed E-state index contributed by atoms with van der Waals surface area (Å²) in [5.41, 5.74) is 3.48. The van der Waals surface area contributed by atoms with Gasteiger partial charge in [-0.05, 0) is 58.5 Å². The van der Waals surface area contributed by atoms with E-state index in [4.69, 9.17) is 4.74 Å². The van der Waals surface area contributed by atoms with Gasteiger partial charge in [0.05, 0.1) is 0 Å². The summed E-state index contributed by atoms with van der Waals surface area (Å²) in [7, 11) is 2.20. The van der Waals surface area contributed by atoms with Crippen LogP contribution >= 0.6 is 0 Å². The molecule has 1 aliphatic heterocycles. The van der Waals surface area contributed by atoms with E-state index in [-0.39, 0.29) is 0 Å². The number of aryl methyl sites for hydroxylation is 2. The van der Waals surface area contributed by atoms with Gasteiger partial charge >= 0.3 is 0 Å². The number of likely N-dealkylation sites (tertiary alicyclic amines) is 1. The second-order valence-corrected chi connectivity index (χ2v) is 6.09. The average molecular weight is 291 g/mol. The monoisotopic (exact) mass is 291 g/mol. The maximum absolute atomic E-state index is 6.11. The van der Waals surface area contributed by atoms with Crippen LogP contribution in [-0.2, 0) is 6.54 Å². The first-order valence-electron chi connectivity index (χ1n) is 8.12. The fraction of sp³-hybridized carbons (Fsp3) is 0.706. The van der Waals surface area contributed by atoms with E-state index in [1.807, 2.05) is 6.92 Å². The molecule has 0 radical (unpaired) electrons. The number of nitrogens with zero attached hydrogens (tertiary/aromatic N) is 2. The second kappa shape index (κ2) is 7.76. The maximum Gasteiger partial charge on any atom is 0.218 e. The predicted octanol–water partition coefficient (Wildman–Crippen LogP) is 2.67. The zero-order valence-corrected chi connectivity index (χ0v) is 13.9. The van der Waals surface area contributed by atoms with Gasteiger partial charge in [0.15, 0.2) is 0 Å². The van der Waals surface area contributed by atoms with Crippen molar-refractivity contribution in [2.45, 2.75) is 52.6 Å². The van der Waals surface area contributed by atoms with Gasteiger partial charge in [0.25, 0.3) is 0 Å². The molecule has 4 heteroatoms. The molecule has 0 spiro atoms. The lowest BCUT2D eigenvalue weighted by atomic mass is 10.0. The lowest BCUT2D eigenvalue weighted by Gasteiger charge is -2.32. The minimum absolute atomic E-state index is 0.522. The van der Waals surface area contributed by atoms with E-state index in [2.05, 4.69) is 42.2 Å². The number of rotatable bonds is 6. The highest BCUT2D eigenvalue weighted by molar-refractivity contribution is 5.35. The zero-order chi connectivity index (χ0) is 15.2. The number of ether oxygens (including phenoxy) is 1. The third-order valence-corrected chi connectivity index (χ3v) is 4.32. The number of hydrogen-bond acceptors (Lipinski definition) is 4. The van der Waals surface area contributed by atoms with Gasteiger partial charge in [-0.3, -0.25) is 0 Å². The Hall–Kier alpha value is -1.13. The minimum Gasteiger partial charge on any atom is -0.476 e. The third kappa shape index (κ3) is 4.42. The van der Waals surface area contributed by atoms with Gasteiger partial charge in [-0.15, -0.1) is 0 Å². The molecule has 1 aromatic rings. The Labute approximate surface area is 128 Å². The smallest absolute Gasteiger partial charge is 0.218 e. The number of aromatic nitrogens is 1. The first-order chi connectivity index (χ1) is 10.1. The van der Waals surface area contributed by atoms with Crippen molar-refractivity contribution < 1.29 is 4.74 Å². The van der Waals surface area contributed by atoms with Crippen LogP contribution in [0.3, 0.4) is 0 Å². The normalized spacial score (nSPS) is 19.7. The van der Waals surface area contributed by atoms with E-state index in [0.29, 0.717) is 6.04 Å². The van der Waals surface area contributed by atoms with Gasteiger partial charge in [-0.2, -0.15) is 0 Å². The van der Waals surface area contributed by atoms with Crippen LogP contribution in [0.25, 0.3) is 0 Å². The van der Waals surface area contributed by atoms with E-state index in [9.17, 15) is 0 Å². The molecule has 1 N–H and O–H groups in total. The molecule has 21 heavy (non-hydrogen) atoms. The number of piperidine rings is 1. The quantitative estimate of drug-likeness (QED) is 0.874. The molecule has 2 heterocycles. The fourth-order valence-corrected chi connectivity index (χ4v) is 2.94. The first kappa shape index (κ1) is 16.2. The Kier molecular flexibility index (Phi) is 6.00. The lowest BCUT2D eigenvalue weighted by Crippen LogP contribution is -2.40. The predicted molar refractivity (Wildman–Crippen MR) is 86.9 cm³/mol. The van der Waals surface area contributed by atoms with E-state index < -0.39 is 0 Å². The molecule has 0 aliphatic carbocycles. The molecular formula is C17H29N3O. The van der Waals surface area contributed by atoms with Crippen molar-refractivity contribution in [2.24, 2.45) is 0 Å². The van der Waals surface area contributed by atoms with Crippen LogP contribution in [0.2, 0.25) is 0 Å². The summed E-state index contributed by atoms with van der Waals surface area (Å²) in [5.74, 6) is 0.812. The molecule has 1 unspecified atom stereocenters. The summed E-state index contributed by atoms with van der Waals surface area (Å²) in [6.45, 7) is 9.99. The van der Waals surface area contributed by atoms with Crippen molar-refractivity contribution in [1.29, 1.82) is 0 Å². The van der Waals surface area contributed by atoms with Crippen molar-refractivity contribution in [3.05, 3.63) is 22.9 Å². The molecular weight excluding hydrogens is 262 g/mol. The van der Waals surface area contributed by atoms with Crippen molar-refractivity contribution in [3.63, 3.8) is 0 Å². The molecule has 0 saturated carbocycles. The lowest BCUT2D eigenvalue weighted by molar-refractivity contribution is 0.122. The number of hydrogen-bond donors (Lipinski definition) is 1. The fourth-order valence-electron chi connectivity index (χ4n) is 2.94. The molecule has 2 rings (SSSR count). The zero-order valence-electron chi connectivity index (χ0n) is 13.9. The van der Waals surface area contributed by atoms with E-state index in [1.54, 1.807) is 0 Å². The van der Waals surface area contributed by atoms with E-state index in [1.165, 1.54) is 36.9 Å². The molecule has 1 atom stereocenters. The van der Waals surface area contributed by atoms with Crippen LogP contribution in [0.15, 0.2) is 6.07 Å². The largest absolute Gasteiger partial charge is 0.476 e. The molecule has 4 nitrogen and oxygen atoms in total. The molecule has 1 aliphatic rings. The summed E-state index contributed by atoms with van der Waals surface area (Å²) in [5, 5.41) is 3.38. The molecule has 1 aromatic heterocycles. The highest BCUT2D eigenvalue weighted by Gasteiger charge is 2.20. The highest BCUT2D eigenvalue weighted by atomic mass is 16.5. The van der Waals surface area contributed by atoms with Crippen LogP contribution in [0.5, 0.6) is 5.88 Å². The summed E-state index contributed by atoms with van der Waals surface area (Å²) in [4.78, 5) is 7.03. The highest BCUT2D eigenvalue weighted by Crippen LogP contribution is 2.22. The van der Waals surface area contributed by atoms with Crippen LogP contribution in [0, 0.1) is 13.8 Å². The van der Waals surface area contributed by atoms with Crippen LogP contribution in [-0.4, -0.2) is 42.7 Å². The molecule has 1 fully saturated rings. The van der Waals surface area contributed by atoms with Crippen molar-refractivity contribution in [2.75, 3.05) is 26.7 Å². The van der Waals surface area contributed by atoms with Gasteiger partial charge in [0.1, 0.15) is 6.61 Å². The summed E-state index contributed by atoms with van der Waals surface area (Å²) in [6.07, 6.45) is 3.84. The molecule has 0 aromatic carbocycles. The topological polar surface area (TPSA) is 37.4 Å². The summed E-state index contributed by atoms with van der Waals surface area (Å²) >= 11 is 0. The van der Waals surface area contributed by atoms with E-state index in [0.717, 1.165) is 31.3 Å². The molecule has 0 bridgehead atoms. The number of nitrogens with one attached hydrogen (secondary N) is 1. The first-order valence-corrected chi connectivity index (χ1v) is 8.12.